The summed E-state index contributed by atoms with van der Waals surface area (Å²) in [5.74, 6) is -0.144. The Bertz CT molecular complexity index is 1160. The van der Waals surface area contributed by atoms with E-state index >= 15 is 0 Å². The summed E-state index contributed by atoms with van der Waals surface area (Å²) in [6.07, 6.45) is 2.60. The number of rotatable bonds is 3. The maximum absolute atomic E-state index is 12.8. The van der Waals surface area contributed by atoms with Crippen LogP contribution in [0.5, 0.6) is 0 Å². The number of aromatic nitrogens is 3. The number of amides is 1. The highest BCUT2D eigenvalue weighted by Gasteiger charge is 2.27. The van der Waals surface area contributed by atoms with Crippen LogP contribution in [0.15, 0.2) is 36.5 Å². The Balaban J connectivity index is 0.00000205. The van der Waals surface area contributed by atoms with Crippen LogP contribution in [0.3, 0.4) is 0 Å². The first-order valence-corrected chi connectivity index (χ1v) is 10.7. The molecule has 0 saturated heterocycles. The number of nitrogens with one attached hydrogen (secondary N) is 1. The molecular formula is C20H20ClN5OS2. The quantitative estimate of drug-likeness (QED) is 0.507. The number of carbonyl (C=O) groups is 1. The van der Waals surface area contributed by atoms with Crippen molar-refractivity contribution in [2.75, 3.05) is 18.9 Å². The van der Waals surface area contributed by atoms with Crippen LogP contribution in [0.2, 0.25) is 0 Å². The van der Waals surface area contributed by atoms with Crippen LogP contribution < -0.4 is 5.32 Å². The first-order valence-electron chi connectivity index (χ1n) is 9.08. The molecule has 5 rings (SSSR count). The van der Waals surface area contributed by atoms with Crippen molar-refractivity contribution < 1.29 is 4.79 Å². The lowest BCUT2D eigenvalue weighted by atomic mass is 10.0. The molecule has 9 heteroatoms. The van der Waals surface area contributed by atoms with Crippen molar-refractivity contribution in [3.05, 3.63) is 52.7 Å². The fourth-order valence-electron chi connectivity index (χ4n) is 3.59. The maximum Gasteiger partial charge on any atom is 0.274 e. The van der Waals surface area contributed by atoms with E-state index in [1.54, 1.807) is 46.7 Å². The first kappa shape index (κ1) is 20.0. The molecule has 0 radical (unpaired) electrons. The third-order valence-electron chi connectivity index (χ3n) is 5.04. The van der Waals surface area contributed by atoms with Gasteiger partial charge in [0, 0.05) is 36.8 Å². The second kappa shape index (κ2) is 7.87. The van der Waals surface area contributed by atoms with Gasteiger partial charge in [-0.05, 0) is 37.2 Å². The number of likely N-dealkylation sites (N-methyl/N-ethyl adjacent to an activating group) is 1. The lowest BCUT2D eigenvalue weighted by Gasteiger charge is -2.22. The Morgan fingerprint density at radius 2 is 2.00 bits per heavy atom. The number of para-hydroxylation sites is 1. The summed E-state index contributed by atoms with van der Waals surface area (Å²) in [5, 5.41) is 9.10. The van der Waals surface area contributed by atoms with Crippen molar-refractivity contribution in [2.45, 2.75) is 13.0 Å². The van der Waals surface area contributed by atoms with E-state index in [0.29, 0.717) is 5.69 Å². The minimum Gasteiger partial charge on any atom is -0.312 e. The summed E-state index contributed by atoms with van der Waals surface area (Å²) >= 11 is 3.35. The van der Waals surface area contributed by atoms with E-state index < -0.39 is 0 Å². The number of aryl methyl sites for hydroxylation is 1. The molecule has 0 aliphatic carbocycles. The number of hydrogen-bond acceptors (Lipinski definition) is 6. The van der Waals surface area contributed by atoms with Gasteiger partial charge < -0.3 is 10.2 Å². The fourth-order valence-corrected chi connectivity index (χ4v) is 6.02. The summed E-state index contributed by atoms with van der Waals surface area (Å²) in [6.45, 7) is 1.91. The molecule has 0 saturated carbocycles. The molecule has 0 unspecified atom stereocenters. The van der Waals surface area contributed by atoms with Crippen LogP contribution in [0.25, 0.3) is 20.8 Å². The van der Waals surface area contributed by atoms with Gasteiger partial charge in [-0.3, -0.25) is 9.48 Å². The number of nitrogens with zero attached hydrogens (tertiary/aromatic N) is 4. The lowest BCUT2D eigenvalue weighted by Crippen LogP contribution is -2.25. The van der Waals surface area contributed by atoms with Crippen molar-refractivity contribution in [1.29, 1.82) is 0 Å². The van der Waals surface area contributed by atoms with Gasteiger partial charge in [0.15, 0.2) is 0 Å². The van der Waals surface area contributed by atoms with E-state index in [4.69, 9.17) is 4.98 Å². The molecule has 150 valence electrons. The lowest BCUT2D eigenvalue weighted by molar-refractivity contribution is 0.101. The van der Waals surface area contributed by atoms with E-state index in [1.165, 1.54) is 10.4 Å². The number of hydrogen-bond donors (Lipinski definition) is 1. The highest BCUT2D eigenvalue weighted by atomic mass is 35.5. The smallest absolute Gasteiger partial charge is 0.274 e. The zero-order valence-electron chi connectivity index (χ0n) is 16.0. The molecule has 3 aromatic heterocycles. The second-order valence-electron chi connectivity index (χ2n) is 6.98. The van der Waals surface area contributed by atoms with Crippen LogP contribution in [0.1, 0.15) is 20.9 Å². The van der Waals surface area contributed by atoms with Crippen molar-refractivity contribution in [2.24, 2.45) is 7.05 Å². The van der Waals surface area contributed by atoms with Gasteiger partial charge in [-0.15, -0.1) is 35.1 Å². The summed E-state index contributed by atoms with van der Waals surface area (Å²) in [5.41, 5.74) is 3.95. The van der Waals surface area contributed by atoms with Gasteiger partial charge in [0.25, 0.3) is 5.91 Å². The zero-order valence-corrected chi connectivity index (χ0v) is 18.5. The van der Waals surface area contributed by atoms with Crippen molar-refractivity contribution in [1.82, 2.24) is 19.7 Å². The van der Waals surface area contributed by atoms with Crippen LogP contribution in [0, 0.1) is 0 Å². The van der Waals surface area contributed by atoms with Crippen LogP contribution >= 0.6 is 35.1 Å². The highest BCUT2D eigenvalue weighted by molar-refractivity contribution is 7.22. The predicted molar refractivity (Wildman–Crippen MR) is 121 cm³/mol. The van der Waals surface area contributed by atoms with E-state index in [1.807, 2.05) is 18.2 Å². The Labute approximate surface area is 182 Å². The van der Waals surface area contributed by atoms with Gasteiger partial charge >= 0.3 is 0 Å². The molecule has 1 aromatic carbocycles. The maximum atomic E-state index is 12.8. The summed E-state index contributed by atoms with van der Waals surface area (Å²) < 4.78 is 2.75. The summed E-state index contributed by atoms with van der Waals surface area (Å²) in [6, 6.07) is 9.91. The fraction of sp³-hybridized carbons (Fsp3) is 0.250. The van der Waals surface area contributed by atoms with Crippen LogP contribution in [-0.4, -0.2) is 39.2 Å². The van der Waals surface area contributed by atoms with Gasteiger partial charge in [-0.1, -0.05) is 12.1 Å². The zero-order chi connectivity index (χ0) is 19.3. The number of thiazole rings is 1. The number of halogens is 1. The Morgan fingerprint density at radius 3 is 2.76 bits per heavy atom. The molecule has 6 nitrogen and oxygen atoms in total. The van der Waals surface area contributed by atoms with E-state index in [2.05, 4.69) is 28.4 Å². The molecule has 29 heavy (non-hydrogen) atoms. The third-order valence-corrected chi connectivity index (χ3v) is 7.22. The van der Waals surface area contributed by atoms with Crippen LogP contribution in [0.4, 0.5) is 5.00 Å². The molecule has 4 aromatic rings. The minimum atomic E-state index is -0.144. The van der Waals surface area contributed by atoms with Gasteiger partial charge in [-0.25, -0.2) is 4.98 Å². The molecule has 1 amide bonds. The van der Waals surface area contributed by atoms with Gasteiger partial charge in [0.2, 0.25) is 0 Å². The number of fused-ring (bicyclic) bond motifs is 2. The highest BCUT2D eigenvalue weighted by Crippen LogP contribution is 2.45. The SMILES string of the molecule is CN1CCc2c(sc(NC(=O)c3ccnn3C)c2-c2nc3ccccc3s2)C1.Cl. The third kappa shape index (κ3) is 3.57. The molecule has 0 spiro atoms. The Morgan fingerprint density at radius 1 is 1.17 bits per heavy atom. The molecule has 0 atom stereocenters. The van der Waals surface area contributed by atoms with E-state index in [-0.39, 0.29) is 18.3 Å². The van der Waals surface area contributed by atoms with Gasteiger partial charge in [0.05, 0.1) is 10.2 Å². The average Bonchev–Trinajstić information content (AvgIpc) is 3.36. The van der Waals surface area contributed by atoms with Gasteiger partial charge in [0.1, 0.15) is 15.7 Å². The Kier molecular flexibility index (Phi) is 5.44. The first-order chi connectivity index (χ1) is 13.6. The predicted octanol–water partition coefficient (Wildman–Crippen LogP) is 4.42. The summed E-state index contributed by atoms with van der Waals surface area (Å²) in [4.78, 5) is 21.3. The van der Waals surface area contributed by atoms with Crippen molar-refractivity contribution in [3.63, 3.8) is 0 Å². The molecule has 0 bridgehead atoms. The van der Waals surface area contributed by atoms with Gasteiger partial charge in [-0.2, -0.15) is 5.10 Å². The molecular weight excluding hydrogens is 426 g/mol. The molecule has 1 aliphatic rings. The van der Waals surface area contributed by atoms with Crippen molar-refractivity contribution in [3.8, 4) is 10.6 Å². The summed E-state index contributed by atoms with van der Waals surface area (Å²) in [7, 11) is 3.91. The monoisotopic (exact) mass is 445 g/mol. The number of thiophene rings is 1. The molecule has 1 aliphatic heterocycles. The standard InChI is InChI=1S/C20H19N5OS2.ClH/c1-24-10-8-12-16(11-24)28-20(23-18(26)14-7-9-21-25(14)2)17(12)19-22-13-5-3-4-6-15(13)27-19;/h3-7,9H,8,10-11H2,1-2H3,(H,23,26);1H. The normalized spacial score (nSPS) is 13.9. The van der Waals surface area contributed by atoms with E-state index in [0.717, 1.165) is 45.3 Å². The molecule has 1 N–H and O–H groups in total. The molecule has 4 heterocycles. The number of benzene rings is 1. The van der Waals surface area contributed by atoms with E-state index in [9.17, 15) is 4.79 Å². The minimum absolute atomic E-state index is 0. The van der Waals surface area contributed by atoms with Crippen molar-refractivity contribution >= 4 is 56.2 Å². The topological polar surface area (TPSA) is 63.1 Å². The van der Waals surface area contributed by atoms with Crippen LogP contribution in [-0.2, 0) is 20.0 Å². The molecule has 0 fully saturated rings. The number of anilines is 1. The largest absolute Gasteiger partial charge is 0.312 e. The average molecular weight is 446 g/mol. The second-order valence-corrected chi connectivity index (χ2v) is 9.11. The Hall–Kier alpha value is -2.26. The number of carbonyl (C=O) groups excluding carboxylic acids is 1.